The fraction of sp³-hybridized carbons (Fsp3) is 0.125. The standard InChI is InChI=1S/C16H15FN4/c1-10-8-12(17)5-6-13(10)15-14(16(18)21(2)20-15)11-4-3-7-19-9-11/h3-9H,18H2,1-2H3. The Bertz CT molecular complexity index is 794. The smallest absolute Gasteiger partial charge is 0.129 e. The molecule has 0 bridgehead atoms. The second-order valence-corrected chi connectivity index (χ2v) is 4.93. The summed E-state index contributed by atoms with van der Waals surface area (Å²) in [5, 5.41) is 4.49. The molecule has 0 atom stereocenters. The highest BCUT2D eigenvalue weighted by Gasteiger charge is 2.18. The van der Waals surface area contributed by atoms with E-state index >= 15 is 0 Å². The van der Waals surface area contributed by atoms with Crippen molar-refractivity contribution in [1.29, 1.82) is 0 Å². The summed E-state index contributed by atoms with van der Waals surface area (Å²) < 4.78 is 14.9. The number of hydrogen-bond acceptors (Lipinski definition) is 3. The van der Waals surface area contributed by atoms with Gasteiger partial charge in [0.2, 0.25) is 0 Å². The first-order valence-corrected chi connectivity index (χ1v) is 6.57. The summed E-state index contributed by atoms with van der Waals surface area (Å²) in [6, 6.07) is 8.44. The Morgan fingerprint density at radius 3 is 2.71 bits per heavy atom. The number of aromatic nitrogens is 3. The third kappa shape index (κ3) is 2.27. The zero-order chi connectivity index (χ0) is 15.0. The molecule has 0 unspecified atom stereocenters. The molecule has 0 aliphatic rings. The van der Waals surface area contributed by atoms with E-state index in [1.807, 2.05) is 19.1 Å². The molecular formula is C16H15FN4. The lowest BCUT2D eigenvalue weighted by atomic mass is 9.99. The Labute approximate surface area is 122 Å². The van der Waals surface area contributed by atoms with Gasteiger partial charge in [0.25, 0.3) is 0 Å². The zero-order valence-corrected chi connectivity index (χ0v) is 11.8. The van der Waals surface area contributed by atoms with Crippen LogP contribution in [0, 0.1) is 12.7 Å². The molecule has 4 nitrogen and oxygen atoms in total. The molecule has 2 aromatic heterocycles. The van der Waals surface area contributed by atoms with Crippen molar-refractivity contribution in [3.63, 3.8) is 0 Å². The Balaban J connectivity index is 2.27. The fourth-order valence-electron chi connectivity index (χ4n) is 2.41. The van der Waals surface area contributed by atoms with Crippen LogP contribution in [0.25, 0.3) is 22.4 Å². The van der Waals surface area contributed by atoms with E-state index in [0.29, 0.717) is 5.82 Å². The molecule has 0 saturated carbocycles. The lowest BCUT2D eigenvalue weighted by Gasteiger charge is -2.06. The van der Waals surface area contributed by atoms with Gasteiger partial charge in [-0.05, 0) is 36.8 Å². The molecule has 0 aliphatic heterocycles. The van der Waals surface area contributed by atoms with Gasteiger partial charge >= 0.3 is 0 Å². The van der Waals surface area contributed by atoms with E-state index in [9.17, 15) is 4.39 Å². The van der Waals surface area contributed by atoms with Gasteiger partial charge in [-0.15, -0.1) is 0 Å². The summed E-state index contributed by atoms with van der Waals surface area (Å²) in [5.41, 5.74) is 10.3. The summed E-state index contributed by atoms with van der Waals surface area (Å²) in [4.78, 5) is 4.13. The minimum Gasteiger partial charge on any atom is -0.383 e. The Hall–Kier alpha value is -2.69. The number of anilines is 1. The number of hydrogen-bond donors (Lipinski definition) is 1. The van der Waals surface area contributed by atoms with Crippen LogP contribution in [0.2, 0.25) is 0 Å². The van der Waals surface area contributed by atoms with Crippen LogP contribution in [0.3, 0.4) is 0 Å². The molecule has 0 amide bonds. The van der Waals surface area contributed by atoms with Gasteiger partial charge in [0.05, 0.1) is 5.56 Å². The molecule has 3 aromatic rings. The van der Waals surface area contributed by atoms with Gasteiger partial charge in [-0.2, -0.15) is 5.10 Å². The molecule has 2 N–H and O–H groups in total. The first kappa shape index (κ1) is 13.3. The summed E-state index contributed by atoms with van der Waals surface area (Å²) in [7, 11) is 1.79. The van der Waals surface area contributed by atoms with Gasteiger partial charge < -0.3 is 5.73 Å². The predicted molar refractivity (Wildman–Crippen MR) is 81.0 cm³/mol. The number of nitrogen functional groups attached to an aromatic ring is 1. The van der Waals surface area contributed by atoms with Crippen molar-refractivity contribution in [2.75, 3.05) is 5.73 Å². The molecule has 5 heteroatoms. The van der Waals surface area contributed by atoms with Gasteiger partial charge in [-0.3, -0.25) is 9.67 Å². The molecular weight excluding hydrogens is 267 g/mol. The second kappa shape index (κ2) is 5.01. The molecule has 2 heterocycles. The molecule has 1 aromatic carbocycles. The Kier molecular flexibility index (Phi) is 3.17. The fourth-order valence-corrected chi connectivity index (χ4v) is 2.41. The Morgan fingerprint density at radius 2 is 2.05 bits per heavy atom. The van der Waals surface area contributed by atoms with Crippen molar-refractivity contribution < 1.29 is 4.39 Å². The average Bonchev–Trinajstić information content (AvgIpc) is 2.75. The summed E-state index contributed by atoms with van der Waals surface area (Å²) >= 11 is 0. The number of aryl methyl sites for hydroxylation is 2. The van der Waals surface area contributed by atoms with E-state index in [0.717, 1.165) is 27.9 Å². The molecule has 3 rings (SSSR count). The summed E-state index contributed by atoms with van der Waals surface area (Å²) in [6.45, 7) is 1.86. The highest BCUT2D eigenvalue weighted by atomic mass is 19.1. The first-order chi connectivity index (χ1) is 10.1. The number of nitrogens with zero attached hydrogens (tertiary/aromatic N) is 3. The number of nitrogens with two attached hydrogens (primary N) is 1. The predicted octanol–water partition coefficient (Wildman–Crippen LogP) is 3.18. The van der Waals surface area contributed by atoms with Gasteiger partial charge in [0.15, 0.2) is 0 Å². The lowest BCUT2D eigenvalue weighted by molar-refractivity contribution is 0.627. The monoisotopic (exact) mass is 282 g/mol. The quantitative estimate of drug-likeness (QED) is 0.785. The van der Waals surface area contributed by atoms with Crippen LogP contribution in [0.4, 0.5) is 10.2 Å². The number of benzene rings is 1. The van der Waals surface area contributed by atoms with Crippen LogP contribution in [-0.4, -0.2) is 14.8 Å². The number of rotatable bonds is 2. The largest absolute Gasteiger partial charge is 0.383 e. The van der Waals surface area contributed by atoms with Crippen LogP contribution < -0.4 is 5.73 Å². The van der Waals surface area contributed by atoms with Gasteiger partial charge in [0, 0.05) is 30.6 Å². The maximum Gasteiger partial charge on any atom is 0.129 e. The molecule has 0 saturated heterocycles. The Morgan fingerprint density at radius 1 is 1.24 bits per heavy atom. The third-order valence-corrected chi connectivity index (χ3v) is 3.49. The molecule has 0 radical (unpaired) electrons. The van der Waals surface area contributed by atoms with E-state index in [2.05, 4.69) is 10.1 Å². The highest BCUT2D eigenvalue weighted by Crippen LogP contribution is 2.36. The maximum absolute atomic E-state index is 13.3. The van der Waals surface area contributed by atoms with E-state index in [1.165, 1.54) is 12.1 Å². The number of pyridine rings is 1. The summed E-state index contributed by atoms with van der Waals surface area (Å²) in [6.07, 6.45) is 3.45. The molecule has 106 valence electrons. The van der Waals surface area contributed by atoms with Crippen LogP contribution in [0.15, 0.2) is 42.7 Å². The zero-order valence-electron chi connectivity index (χ0n) is 11.8. The second-order valence-electron chi connectivity index (χ2n) is 4.93. The first-order valence-electron chi connectivity index (χ1n) is 6.57. The molecule has 21 heavy (non-hydrogen) atoms. The molecule has 0 aliphatic carbocycles. The van der Waals surface area contributed by atoms with Crippen molar-refractivity contribution in [2.45, 2.75) is 6.92 Å². The van der Waals surface area contributed by atoms with Crippen LogP contribution in [0.1, 0.15) is 5.56 Å². The lowest BCUT2D eigenvalue weighted by Crippen LogP contribution is -1.98. The van der Waals surface area contributed by atoms with E-state index in [4.69, 9.17) is 5.73 Å². The van der Waals surface area contributed by atoms with Crippen LogP contribution in [0.5, 0.6) is 0 Å². The molecule has 0 fully saturated rings. The van der Waals surface area contributed by atoms with Crippen LogP contribution >= 0.6 is 0 Å². The van der Waals surface area contributed by atoms with E-state index in [-0.39, 0.29) is 5.82 Å². The number of halogens is 1. The normalized spacial score (nSPS) is 10.8. The third-order valence-electron chi connectivity index (χ3n) is 3.49. The topological polar surface area (TPSA) is 56.7 Å². The van der Waals surface area contributed by atoms with Crippen molar-refractivity contribution >= 4 is 5.82 Å². The minimum absolute atomic E-state index is 0.261. The summed E-state index contributed by atoms with van der Waals surface area (Å²) in [5.74, 6) is 0.296. The van der Waals surface area contributed by atoms with Gasteiger partial charge in [0.1, 0.15) is 17.3 Å². The van der Waals surface area contributed by atoms with E-state index < -0.39 is 0 Å². The van der Waals surface area contributed by atoms with Gasteiger partial charge in [-0.1, -0.05) is 6.07 Å². The highest BCUT2D eigenvalue weighted by molar-refractivity contribution is 5.88. The molecule has 0 spiro atoms. The SMILES string of the molecule is Cc1cc(F)ccc1-c1nn(C)c(N)c1-c1cccnc1. The van der Waals surface area contributed by atoms with Gasteiger partial charge in [-0.25, -0.2) is 4.39 Å². The van der Waals surface area contributed by atoms with E-state index in [1.54, 1.807) is 30.2 Å². The van der Waals surface area contributed by atoms with Crippen LogP contribution in [-0.2, 0) is 7.05 Å². The minimum atomic E-state index is -0.261. The van der Waals surface area contributed by atoms with Crippen molar-refractivity contribution in [3.05, 3.63) is 54.1 Å². The average molecular weight is 282 g/mol. The maximum atomic E-state index is 13.3. The van der Waals surface area contributed by atoms with Crippen molar-refractivity contribution in [1.82, 2.24) is 14.8 Å². The van der Waals surface area contributed by atoms with Crippen molar-refractivity contribution in [3.8, 4) is 22.4 Å². The van der Waals surface area contributed by atoms with Crippen molar-refractivity contribution in [2.24, 2.45) is 7.05 Å².